The number of aromatic nitrogens is 2. The zero-order valence-electron chi connectivity index (χ0n) is 17.2. The Kier molecular flexibility index (Phi) is 7.12. The largest absolute Gasteiger partial charge is 0.417 e. The molecule has 3 aromatic rings. The van der Waals surface area contributed by atoms with Crippen molar-refractivity contribution >= 4 is 5.91 Å². The highest BCUT2D eigenvalue weighted by Crippen LogP contribution is 2.32. The smallest absolute Gasteiger partial charge is 0.388 e. The number of alkyl halides is 3. The van der Waals surface area contributed by atoms with Gasteiger partial charge < -0.3 is 19.5 Å². The summed E-state index contributed by atoms with van der Waals surface area (Å²) in [6.45, 7) is 0.590. The number of carbonyl (C=O) groups is 1. The molecule has 1 aromatic carbocycles. The molecule has 0 radical (unpaired) electrons. The van der Waals surface area contributed by atoms with Gasteiger partial charge in [0, 0.05) is 17.8 Å². The molecule has 4 N–H and O–H groups in total. The molecule has 0 spiro atoms. The van der Waals surface area contributed by atoms with Crippen LogP contribution in [0, 0.1) is 0 Å². The number of nitrogens with zero attached hydrogens (tertiary/aromatic N) is 2. The van der Waals surface area contributed by atoms with E-state index >= 15 is 0 Å². The van der Waals surface area contributed by atoms with Crippen LogP contribution in [0.3, 0.4) is 0 Å². The lowest BCUT2D eigenvalue weighted by molar-refractivity contribution is -0.174. The number of aliphatic hydroxyl groups is 2. The van der Waals surface area contributed by atoms with Gasteiger partial charge >= 0.3 is 6.18 Å². The van der Waals surface area contributed by atoms with Gasteiger partial charge in [0.15, 0.2) is 11.4 Å². The average Bonchev–Trinajstić information content (AvgIpc) is 3.30. The standard InChI is InChI=1S/C21H20F3N3O6/c1-20(19(30)26-31,18(29)17-8-15(10-28)33-27-17)32-11-12-2-4-13(5-3-12)16-7-6-14(9-25-16)21(22,23)24/h2-9,18,28-29,31H,10-11H2,1H3,(H,26,30)/t18-,20-/m0/s1. The maximum absolute atomic E-state index is 12.7. The zero-order valence-corrected chi connectivity index (χ0v) is 17.2. The summed E-state index contributed by atoms with van der Waals surface area (Å²) in [5, 5.41) is 32.4. The normalized spacial score (nSPS) is 14.5. The van der Waals surface area contributed by atoms with Crippen molar-refractivity contribution in [3.63, 3.8) is 0 Å². The Balaban J connectivity index is 1.74. The first-order chi connectivity index (χ1) is 15.6. The monoisotopic (exact) mass is 467 g/mol. The fraction of sp³-hybridized carbons (Fsp3) is 0.286. The van der Waals surface area contributed by atoms with Gasteiger partial charge in [-0.25, -0.2) is 5.48 Å². The quantitative estimate of drug-likeness (QED) is 0.293. The van der Waals surface area contributed by atoms with Crippen LogP contribution < -0.4 is 5.48 Å². The maximum atomic E-state index is 12.7. The van der Waals surface area contributed by atoms with Gasteiger partial charge in [-0.05, 0) is 24.6 Å². The summed E-state index contributed by atoms with van der Waals surface area (Å²) in [6, 6.07) is 9.87. The van der Waals surface area contributed by atoms with Crippen molar-refractivity contribution in [3.05, 3.63) is 71.2 Å². The van der Waals surface area contributed by atoms with Gasteiger partial charge in [0.1, 0.15) is 18.4 Å². The van der Waals surface area contributed by atoms with Crippen molar-refractivity contribution in [3.8, 4) is 11.3 Å². The number of carbonyl (C=O) groups excluding carboxylic acids is 1. The minimum absolute atomic E-state index is 0.0586. The fourth-order valence-electron chi connectivity index (χ4n) is 2.93. The van der Waals surface area contributed by atoms with E-state index < -0.39 is 36.0 Å². The van der Waals surface area contributed by atoms with E-state index in [4.69, 9.17) is 19.6 Å². The van der Waals surface area contributed by atoms with Crippen LogP contribution in [0.4, 0.5) is 13.2 Å². The third-order valence-corrected chi connectivity index (χ3v) is 4.97. The van der Waals surface area contributed by atoms with E-state index in [9.17, 15) is 23.1 Å². The van der Waals surface area contributed by atoms with Crippen molar-refractivity contribution in [1.82, 2.24) is 15.6 Å². The topological polar surface area (TPSA) is 138 Å². The number of amides is 1. The maximum Gasteiger partial charge on any atom is 0.417 e. The molecule has 12 heteroatoms. The summed E-state index contributed by atoms with van der Waals surface area (Å²) < 4.78 is 48.5. The Hall–Kier alpha value is -3.32. The van der Waals surface area contributed by atoms with Gasteiger partial charge in [-0.15, -0.1) is 0 Å². The zero-order chi connectivity index (χ0) is 24.2. The SMILES string of the molecule is C[C@@](OCc1ccc(-c2ccc(C(F)(F)F)cn2)cc1)(C(=O)NO)[C@@H](O)c1cc(CO)on1. The third kappa shape index (κ3) is 5.37. The Morgan fingerprint density at radius 1 is 1.21 bits per heavy atom. The molecule has 2 atom stereocenters. The van der Waals surface area contributed by atoms with Gasteiger partial charge in [-0.3, -0.25) is 15.0 Å². The summed E-state index contributed by atoms with van der Waals surface area (Å²) in [7, 11) is 0. The van der Waals surface area contributed by atoms with Crippen LogP contribution in [-0.4, -0.2) is 37.1 Å². The number of pyridine rings is 1. The summed E-state index contributed by atoms with van der Waals surface area (Å²) in [6.07, 6.45) is -5.38. The van der Waals surface area contributed by atoms with Crippen LogP contribution >= 0.6 is 0 Å². The number of benzene rings is 1. The Bertz CT molecular complexity index is 1090. The molecule has 0 unspecified atom stereocenters. The Morgan fingerprint density at radius 3 is 2.42 bits per heavy atom. The second kappa shape index (κ2) is 9.67. The molecule has 0 saturated heterocycles. The first-order valence-electron chi connectivity index (χ1n) is 9.54. The molecular formula is C21H20F3N3O6. The van der Waals surface area contributed by atoms with Crippen LogP contribution in [0.5, 0.6) is 0 Å². The number of aliphatic hydroxyl groups excluding tert-OH is 2. The number of nitrogens with one attached hydrogen (secondary N) is 1. The van der Waals surface area contributed by atoms with Crippen LogP contribution in [0.1, 0.15) is 35.6 Å². The van der Waals surface area contributed by atoms with Crippen molar-refractivity contribution in [2.45, 2.75) is 38.0 Å². The highest BCUT2D eigenvalue weighted by atomic mass is 19.4. The average molecular weight is 467 g/mol. The molecule has 0 aliphatic heterocycles. The molecule has 0 saturated carbocycles. The molecule has 0 bridgehead atoms. The van der Waals surface area contributed by atoms with Gasteiger partial charge in [0.25, 0.3) is 5.91 Å². The summed E-state index contributed by atoms with van der Waals surface area (Å²) >= 11 is 0. The lowest BCUT2D eigenvalue weighted by Gasteiger charge is -2.31. The van der Waals surface area contributed by atoms with E-state index in [1.165, 1.54) is 24.5 Å². The predicted molar refractivity (Wildman–Crippen MR) is 105 cm³/mol. The van der Waals surface area contributed by atoms with Crippen molar-refractivity contribution < 1.29 is 42.6 Å². The van der Waals surface area contributed by atoms with E-state index in [2.05, 4.69) is 10.1 Å². The van der Waals surface area contributed by atoms with Gasteiger partial charge in [0.2, 0.25) is 0 Å². The number of halogens is 3. The molecule has 1 amide bonds. The second-order valence-corrected chi connectivity index (χ2v) is 7.24. The lowest BCUT2D eigenvalue weighted by Crippen LogP contribution is -2.50. The number of hydrogen-bond donors (Lipinski definition) is 4. The molecule has 9 nitrogen and oxygen atoms in total. The second-order valence-electron chi connectivity index (χ2n) is 7.24. The van der Waals surface area contributed by atoms with Crippen molar-refractivity contribution in [2.75, 3.05) is 0 Å². The highest BCUT2D eigenvalue weighted by Gasteiger charge is 2.44. The molecule has 176 valence electrons. The summed E-state index contributed by atoms with van der Waals surface area (Å²) in [4.78, 5) is 16.1. The summed E-state index contributed by atoms with van der Waals surface area (Å²) in [5.74, 6) is -0.989. The number of ether oxygens (including phenoxy) is 1. The highest BCUT2D eigenvalue weighted by molar-refractivity contribution is 5.84. The van der Waals surface area contributed by atoms with E-state index in [0.29, 0.717) is 16.8 Å². The molecule has 0 aliphatic rings. The minimum atomic E-state index is -4.48. The lowest BCUT2D eigenvalue weighted by atomic mass is 9.95. The van der Waals surface area contributed by atoms with E-state index in [1.807, 2.05) is 0 Å². The van der Waals surface area contributed by atoms with Crippen LogP contribution in [0.2, 0.25) is 0 Å². The van der Waals surface area contributed by atoms with Crippen LogP contribution in [0.15, 0.2) is 53.2 Å². The molecular weight excluding hydrogens is 447 g/mol. The molecule has 3 rings (SSSR count). The van der Waals surface area contributed by atoms with Crippen LogP contribution in [0.25, 0.3) is 11.3 Å². The van der Waals surface area contributed by atoms with E-state index in [-0.39, 0.29) is 18.1 Å². The van der Waals surface area contributed by atoms with Crippen LogP contribution in [-0.2, 0) is 28.9 Å². The minimum Gasteiger partial charge on any atom is -0.388 e. The van der Waals surface area contributed by atoms with Gasteiger partial charge in [0.05, 0.1) is 17.9 Å². The van der Waals surface area contributed by atoms with Gasteiger partial charge in [-0.1, -0.05) is 29.4 Å². The van der Waals surface area contributed by atoms with Crippen molar-refractivity contribution in [1.29, 1.82) is 0 Å². The predicted octanol–water partition coefficient (Wildman–Crippen LogP) is 2.76. The number of hydrogen-bond acceptors (Lipinski definition) is 8. The molecule has 33 heavy (non-hydrogen) atoms. The van der Waals surface area contributed by atoms with Crippen molar-refractivity contribution in [2.24, 2.45) is 0 Å². The molecule has 2 aromatic heterocycles. The Morgan fingerprint density at radius 2 is 1.91 bits per heavy atom. The third-order valence-electron chi connectivity index (χ3n) is 4.97. The fourth-order valence-corrected chi connectivity index (χ4v) is 2.93. The van der Waals surface area contributed by atoms with E-state index in [0.717, 1.165) is 12.3 Å². The first kappa shape index (κ1) is 24.3. The molecule has 0 aliphatic carbocycles. The molecule has 2 heterocycles. The molecule has 0 fully saturated rings. The Labute approximate surface area is 185 Å². The summed E-state index contributed by atoms with van der Waals surface area (Å²) in [5.41, 5.74) is -0.0292. The van der Waals surface area contributed by atoms with E-state index in [1.54, 1.807) is 24.3 Å². The number of hydroxylamine groups is 1. The van der Waals surface area contributed by atoms with Gasteiger partial charge in [-0.2, -0.15) is 13.2 Å². The number of rotatable bonds is 8. The first-order valence-corrected chi connectivity index (χ1v) is 9.54.